The summed E-state index contributed by atoms with van der Waals surface area (Å²) in [6.07, 6.45) is 2.08. The first kappa shape index (κ1) is 17.5. The number of esters is 1. The van der Waals surface area contributed by atoms with Gasteiger partial charge < -0.3 is 15.0 Å². The maximum absolute atomic E-state index is 12.6. The average molecular weight is 328 g/mol. The van der Waals surface area contributed by atoms with Crippen molar-refractivity contribution in [3.8, 4) is 0 Å². The first-order valence-corrected chi connectivity index (χ1v) is 7.61. The third-order valence-corrected chi connectivity index (χ3v) is 3.87. The highest BCUT2D eigenvalue weighted by molar-refractivity contribution is 6.00. The zero-order chi connectivity index (χ0) is 17.7. The molecule has 1 atom stereocenters. The van der Waals surface area contributed by atoms with Crippen LogP contribution >= 0.6 is 0 Å². The number of nitrogen functional groups attached to an aromatic ring is 1. The average Bonchev–Trinajstić information content (AvgIpc) is 2.59. The number of carbonyl (C=O) groups excluding carboxylic acids is 2. The first-order valence-electron chi connectivity index (χ1n) is 7.61. The van der Waals surface area contributed by atoms with E-state index >= 15 is 0 Å². The van der Waals surface area contributed by atoms with Crippen LogP contribution in [0.4, 0.5) is 5.69 Å². The Morgan fingerprint density at radius 3 is 2.50 bits per heavy atom. The zero-order valence-corrected chi connectivity index (χ0v) is 13.7. The summed E-state index contributed by atoms with van der Waals surface area (Å²) < 4.78 is 5.81. The van der Waals surface area contributed by atoms with Gasteiger partial charge in [-0.05, 0) is 25.0 Å². The van der Waals surface area contributed by atoms with E-state index in [-0.39, 0.29) is 23.5 Å². The molecule has 2 N–H and O–H groups in total. The Balaban J connectivity index is 2.27. The van der Waals surface area contributed by atoms with Crippen LogP contribution in [0.25, 0.3) is 0 Å². The number of benzene rings is 1. The topological polar surface area (TPSA) is 91.4 Å². The molecule has 2 rings (SSSR count). The molecule has 24 heavy (non-hydrogen) atoms. The SMILES string of the molecule is COC(=O)C(C)n1ccc(N)c(C(=O)CCc2ccccc2)c1=O. The van der Waals surface area contributed by atoms with Crippen LogP contribution in [0.2, 0.25) is 0 Å². The van der Waals surface area contributed by atoms with Gasteiger partial charge in [-0.25, -0.2) is 4.79 Å². The van der Waals surface area contributed by atoms with Crippen LogP contribution in [0.5, 0.6) is 0 Å². The molecule has 126 valence electrons. The fourth-order valence-electron chi connectivity index (χ4n) is 2.46. The van der Waals surface area contributed by atoms with Crippen molar-refractivity contribution in [1.29, 1.82) is 0 Å². The number of methoxy groups -OCH3 is 1. The second-order valence-corrected chi connectivity index (χ2v) is 5.47. The molecular weight excluding hydrogens is 308 g/mol. The molecule has 0 saturated carbocycles. The maximum atomic E-state index is 12.6. The van der Waals surface area contributed by atoms with Gasteiger partial charge in [0.2, 0.25) is 0 Å². The van der Waals surface area contributed by atoms with E-state index in [1.165, 1.54) is 26.3 Å². The quantitative estimate of drug-likeness (QED) is 0.647. The van der Waals surface area contributed by atoms with E-state index in [2.05, 4.69) is 4.74 Å². The summed E-state index contributed by atoms with van der Waals surface area (Å²) in [6.45, 7) is 1.53. The number of nitrogens with two attached hydrogens (primary N) is 1. The molecule has 1 aromatic carbocycles. The lowest BCUT2D eigenvalue weighted by Crippen LogP contribution is -2.33. The number of aryl methyl sites for hydroxylation is 1. The van der Waals surface area contributed by atoms with Gasteiger partial charge in [-0.3, -0.25) is 9.59 Å². The van der Waals surface area contributed by atoms with E-state index < -0.39 is 17.6 Å². The number of pyridine rings is 1. The molecule has 0 aliphatic rings. The minimum absolute atomic E-state index is 0.0795. The van der Waals surface area contributed by atoms with Crippen LogP contribution in [-0.2, 0) is 16.0 Å². The van der Waals surface area contributed by atoms with Crippen LogP contribution in [0.3, 0.4) is 0 Å². The van der Waals surface area contributed by atoms with E-state index in [0.29, 0.717) is 6.42 Å². The van der Waals surface area contributed by atoms with Crippen molar-refractivity contribution in [3.63, 3.8) is 0 Å². The lowest BCUT2D eigenvalue weighted by Gasteiger charge is -2.15. The van der Waals surface area contributed by atoms with Crippen LogP contribution in [0, 0.1) is 0 Å². The number of ketones is 1. The number of ether oxygens (including phenoxy) is 1. The van der Waals surface area contributed by atoms with Gasteiger partial charge in [-0.15, -0.1) is 0 Å². The Bertz CT molecular complexity index is 796. The molecular formula is C18H20N2O4. The van der Waals surface area contributed by atoms with Crippen molar-refractivity contribution in [3.05, 3.63) is 64.1 Å². The second-order valence-electron chi connectivity index (χ2n) is 5.47. The minimum Gasteiger partial charge on any atom is -0.467 e. The summed E-state index contributed by atoms with van der Waals surface area (Å²) in [4.78, 5) is 36.7. The van der Waals surface area contributed by atoms with Crippen molar-refractivity contribution in [2.75, 3.05) is 12.8 Å². The molecule has 0 bridgehead atoms. The second kappa shape index (κ2) is 7.59. The van der Waals surface area contributed by atoms with Crippen molar-refractivity contribution in [1.82, 2.24) is 4.57 Å². The van der Waals surface area contributed by atoms with Crippen LogP contribution < -0.4 is 11.3 Å². The lowest BCUT2D eigenvalue weighted by atomic mass is 10.0. The highest BCUT2D eigenvalue weighted by Crippen LogP contribution is 2.14. The normalized spacial score (nSPS) is 11.8. The van der Waals surface area contributed by atoms with E-state index in [0.717, 1.165) is 10.1 Å². The Morgan fingerprint density at radius 1 is 1.21 bits per heavy atom. The molecule has 0 aliphatic carbocycles. The molecule has 0 aliphatic heterocycles. The third-order valence-electron chi connectivity index (χ3n) is 3.87. The van der Waals surface area contributed by atoms with Gasteiger partial charge >= 0.3 is 5.97 Å². The number of Topliss-reactive ketones (excluding diaryl/α,β-unsaturated/α-hetero) is 1. The molecule has 0 amide bonds. The van der Waals surface area contributed by atoms with E-state index in [1.807, 2.05) is 30.3 Å². The monoisotopic (exact) mass is 328 g/mol. The van der Waals surface area contributed by atoms with Crippen LogP contribution in [-0.4, -0.2) is 23.4 Å². The maximum Gasteiger partial charge on any atom is 0.328 e. The van der Waals surface area contributed by atoms with Crippen molar-refractivity contribution >= 4 is 17.4 Å². The van der Waals surface area contributed by atoms with Crippen molar-refractivity contribution in [2.24, 2.45) is 0 Å². The van der Waals surface area contributed by atoms with Gasteiger partial charge in [0.05, 0.1) is 7.11 Å². The molecule has 6 nitrogen and oxygen atoms in total. The van der Waals surface area contributed by atoms with E-state index in [9.17, 15) is 14.4 Å². The number of hydrogen-bond acceptors (Lipinski definition) is 5. The number of anilines is 1. The Labute approximate surface area is 139 Å². The standard InChI is InChI=1S/C18H20N2O4/c1-12(18(23)24-2)20-11-10-14(19)16(17(20)22)15(21)9-8-13-6-4-3-5-7-13/h3-7,10-12H,8-9,19H2,1-2H3. The molecule has 1 heterocycles. The van der Waals surface area contributed by atoms with Gasteiger partial charge in [0.1, 0.15) is 11.6 Å². The van der Waals surface area contributed by atoms with Crippen molar-refractivity contribution < 1.29 is 14.3 Å². The Morgan fingerprint density at radius 2 is 1.88 bits per heavy atom. The molecule has 1 aromatic heterocycles. The van der Waals surface area contributed by atoms with Crippen LogP contribution in [0.1, 0.15) is 35.3 Å². The fraction of sp³-hybridized carbons (Fsp3) is 0.278. The smallest absolute Gasteiger partial charge is 0.328 e. The highest BCUT2D eigenvalue weighted by atomic mass is 16.5. The van der Waals surface area contributed by atoms with Gasteiger partial charge in [0.15, 0.2) is 5.78 Å². The molecule has 0 spiro atoms. The van der Waals surface area contributed by atoms with Crippen LogP contribution in [0.15, 0.2) is 47.4 Å². The summed E-state index contributed by atoms with van der Waals surface area (Å²) in [5.74, 6) is -0.905. The zero-order valence-electron chi connectivity index (χ0n) is 13.7. The van der Waals surface area contributed by atoms with E-state index in [4.69, 9.17) is 5.73 Å². The van der Waals surface area contributed by atoms with Gasteiger partial charge in [0, 0.05) is 18.3 Å². The highest BCUT2D eigenvalue weighted by Gasteiger charge is 2.22. The summed E-state index contributed by atoms with van der Waals surface area (Å²) >= 11 is 0. The van der Waals surface area contributed by atoms with Crippen molar-refractivity contribution in [2.45, 2.75) is 25.8 Å². The molecule has 2 aromatic rings. The summed E-state index contributed by atoms with van der Waals surface area (Å²) in [7, 11) is 1.24. The van der Waals surface area contributed by atoms with E-state index in [1.54, 1.807) is 0 Å². The molecule has 0 radical (unpaired) electrons. The first-order chi connectivity index (χ1) is 11.5. The summed E-state index contributed by atoms with van der Waals surface area (Å²) in [5, 5.41) is 0. The summed E-state index contributed by atoms with van der Waals surface area (Å²) in [5.41, 5.74) is 6.28. The third kappa shape index (κ3) is 3.71. The largest absolute Gasteiger partial charge is 0.467 e. The lowest BCUT2D eigenvalue weighted by molar-refractivity contribution is -0.144. The minimum atomic E-state index is -0.830. The van der Waals surface area contributed by atoms with Gasteiger partial charge in [0.25, 0.3) is 5.56 Å². The predicted molar refractivity (Wildman–Crippen MR) is 90.9 cm³/mol. The Hall–Kier alpha value is -2.89. The molecule has 0 fully saturated rings. The Kier molecular flexibility index (Phi) is 5.52. The number of aromatic nitrogens is 1. The number of rotatable bonds is 6. The summed E-state index contributed by atoms with van der Waals surface area (Å²) in [6, 6.07) is 10.1. The number of carbonyl (C=O) groups is 2. The van der Waals surface area contributed by atoms with Gasteiger partial charge in [-0.1, -0.05) is 30.3 Å². The number of nitrogens with zero attached hydrogens (tertiary/aromatic N) is 1. The molecule has 0 saturated heterocycles. The predicted octanol–water partition coefficient (Wildman–Crippen LogP) is 1.98. The van der Waals surface area contributed by atoms with Gasteiger partial charge in [-0.2, -0.15) is 0 Å². The molecule has 6 heteroatoms. The number of hydrogen-bond donors (Lipinski definition) is 1. The molecule has 1 unspecified atom stereocenters. The fourth-order valence-corrected chi connectivity index (χ4v) is 2.46.